The second-order valence-electron chi connectivity index (χ2n) is 4.24. The predicted molar refractivity (Wildman–Crippen MR) is 62.3 cm³/mol. The van der Waals surface area contributed by atoms with E-state index >= 15 is 0 Å². The molecule has 0 spiro atoms. The Kier molecular flexibility index (Phi) is 6.42. The Morgan fingerprint density at radius 1 is 1.50 bits per heavy atom. The lowest BCUT2D eigenvalue weighted by atomic mass is 9.98. The van der Waals surface area contributed by atoms with Gasteiger partial charge >= 0.3 is 5.97 Å². The van der Waals surface area contributed by atoms with Gasteiger partial charge in [-0.3, -0.25) is 4.79 Å². The Labute approximate surface area is 97.9 Å². The van der Waals surface area contributed by atoms with Crippen LogP contribution in [-0.4, -0.2) is 50.8 Å². The van der Waals surface area contributed by atoms with Gasteiger partial charge in [-0.25, -0.2) is 0 Å². The van der Waals surface area contributed by atoms with Gasteiger partial charge in [0, 0.05) is 26.8 Å². The normalized spacial score (nSPS) is 22.0. The minimum absolute atomic E-state index is 0.0288. The van der Waals surface area contributed by atoms with Gasteiger partial charge in [0.1, 0.15) is 0 Å². The fourth-order valence-corrected chi connectivity index (χ4v) is 2.14. The summed E-state index contributed by atoms with van der Waals surface area (Å²) in [6, 6.07) is 0. The van der Waals surface area contributed by atoms with Crippen molar-refractivity contribution in [3.63, 3.8) is 0 Å². The Hall–Kier alpha value is -0.610. The lowest BCUT2D eigenvalue weighted by Crippen LogP contribution is -2.40. The van der Waals surface area contributed by atoms with E-state index in [0.717, 1.165) is 45.5 Å². The highest BCUT2D eigenvalue weighted by atomic mass is 16.5. The molecule has 1 fully saturated rings. The summed E-state index contributed by atoms with van der Waals surface area (Å²) >= 11 is 0. The molecule has 1 rings (SSSR count). The molecule has 0 aromatic heterocycles. The molecule has 16 heavy (non-hydrogen) atoms. The standard InChI is InChI=1S/C12H23NO3/c1-3-16-12(14)11-6-4-7-13(10-11)8-5-9-15-2/h11H,3-10H2,1-2H3/t11-/m1/s1. The molecule has 1 aliphatic rings. The third kappa shape index (κ3) is 4.49. The molecular weight excluding hydrogens is 206 g/mol. The molecule has 4 heteroatoms. The van der Waals surface area contributed by atoms with Crippen molar-refractivity contribution < 1.29 is 14.3 Å². The Morgan fingerprint density at radius 3 is 3.00 bits per heavy atom. The number of nitrogens with zero attached hydrogens (tertiary/aromatic N) is 1. The number of ether oxygens (including phenoxy) is 2. The number of carbonyl (C=O) groups is 1. The summed E-state index contributed by atoms with van der Waals surface area (Å²) in [6.07, 6.45) is 3.10. The molecule has 0 N–H and O–H groups in total. The summed E-state index contributed by atoms with van der Waals surface area (Å²) in [5.74, 6) is 0.0511. The van der Waals surface area contributed by atoms with E-state index in [-0.39, 0.29) is 11.9 Å². The Morgan fingerprint density at radius 2 is 2.31 bits per heavy atom. The van der Waals surface area contributed by atoms with Crippen molar-refractivity contribution in [1.82, 2.24) is 4.90 Å². The molecule has 4 nitrogen and oxygen atoms in total. The van der Waals surface area contributed by atoms with E-state index in [0.29, 0.717) is 6.61 Å². The molecule has 1 heterocycles. The first-order chi connectivity index (χ1) is 7.77. The molecule has 1 aliphatic heterocycles. The van der Waals surface area contributed by atoms with Crippen molar-refractivity contribution in [3.05, 3.63) is 0 Å². The highest BCUT2D eigenvalue weighted by Crippen LogP contribution is 2.17. The molecule has 1 atom stereocenters. The maximum absolute atomic E-state index is 11.6. The van der Waals surface area contributed by atoms with Gasteiger partial charge in [0.25, 0.3) is 0 Å². The van der Waals surface area contributed by atoms with Crippen LogP contribution in [0.3, 0.4) is 0 Å². The van der Waals surface area contributed by atoms with Crippen molar-refractivity contribution in [3.8, 4) is 0 Å². The number of hydrogen-bond donors (Lipinski definition) is 0. The Balaban J connectivity index is 2.26. The fraction of sp³-hybridized carbons (Fsp3) is 0.917. The minimum atomic E-state index is -0.0288. The van der Waals surface area contributed by atoms with Gasteiger partial charge in [-0.1, -0.05) is 0 Å². The average molecular weight is 229 g/mol. The maximum Gasteiger partial charge on any atom is 0.310 e. The highest BCUT2D eigenvalue weighted by Gasteiger charge is 2.26. The average Bonchev–Trinajstić information content (AvgIpc) is 2.30. The van der Waals surface area contributed by atoms with Crippen molar-refractivity contribution in [2.24, 2.45) is 5.92 Å². The molecule has 0 amide bonds. The van der Waals surface area contributed by atoms with E-state index in [2.05, 4.69) is 4.90 Å². The summed E-state index contributed by atoms with van der Waals surface area (Å²) in [5.41, 5.74) is 0. The minimum Gasteiger partial charge on any atom is -0.466 e. The summed E-state index contributed by atoms with van der Waals surface area (Å²) in [7, 11) is 1.72. The van der Waals surface area contributed by atoms with Crippen LogP contribution < -0.4 is 0 Å². The lowest BCUT2D eigenvalue weighted by Gasteiger charge is -2.31. The first-order valence-corrected chi connectivity index (χ1v) is 6.15. The second-order valence-corrected chi connectivity index (χ2v) is 4.24. The van der Waals surface area contributed by atoms with Gasteiger partial charge in [-0.15, -0.1) is 0 Å². The van der Waals surface area contributed by atoms with E-state index in [4.69, 9.17) is 9.47 Å². The van der Waals surface area contributed by atoms with Gasteiger partial charge in [0.15, 0.2) is 0 Å². The van der Waals surface area contributed by atoms with Gasteiger partial charge < -0.3 is 14.4 Å². The zero-order valence-electron chi connectivity index (χ0n) is 10.4. The first kappa shape index (κ1) is 13.5. The zero-order chi connectivity index (χ0) is 11.8. The SMILES string of the molecule is CCOC(=O)[C@@H]1CCCN(CCCOC)C1. The van der Waals surface area contributed by atoms with E-state index in [9.17, 15) is 4.79 Å². The zero-order valence-corrected chi connectivity index (χ0v) is 10.4. The van der Waals surface area contributed by atoms with Crippen LogP contribution in [-0.2, 0) is 14.3 Å². The molecule has 0 unspecified atom stereocenters. The third-order valence-electron chi connectivity index (χ3n) is 2.95. The van der Waals surface area contributed by atoms with Crippen LogP contribution in [0.5, 0.6) is 0 Å². The van der Waals surface area contributed by atoms with Crippen LogP contribution in [0.15, 0.2) is 0 Å². The Bertz CT molecular complexity index is 208. The van der Waals surface area contributed by atoms with Crippen LogP contribution in [0.1, 0.15) is 26.2 Å². The second kappa shape index (κ2) is 7.63. The molecule has 0 aliphatic carbocycles. The molecule has 0 aromatic rings. The predicted octanol–water partition coefficient (Wildman–Crippen LogP) is 1.30. The van der Waals surface area contributed by atoms with E-state index in [1.807, 2.05) is 6.92 Å². The topological polar surface area (TPSA) is 38.8 Å². The van der Waals surface area contributed by atoms with Crippen LogP contribution in [0, 0.1) is 5.92 Å². The van der Waals surface area contributed by atoms with Gasteiger partial charge in [0.2, 0.25) is 0 Å². The monoisotopic (exact) mass is 229 g/mol. The van der Waals surface area contributed by atoms with Crippen LogP contribution in [0.25, 0.3) is 0 Å². The molecule has 0 bridgehead atoms. The lowest BCUT2D eigenvalue weighted by molar-refractivity contribution is -0.149. The van der Waals surface area contributed by atoms with Crippen LogP contribution in [0.4, 0.5) is 0 Å². The molecule has 1 saturated heterocycles. The van der Waals surface area contributed by atoms with Crippen molar-refractivity contribution in [2.75, 3.05) is 40.0 Å². The molecular formula is C12H23NO3. The number of hydrogen-bond acceptors (Lipinski definition) is 4. The number of rotatable bonds is 6. The van der Waals surface area contributed by atoms with Crippen LogP contribution in [0.2, 0.25) is 0 Å². The van der Waals surface area contributed by atoms with Crippen molar-refractivity contribution in [1.29, 1.82) is 0 Å². The summed E-state index contributed by atoms with van der Waals surface area (Å²) < 4.78 is 10.1. The van der Waals surface area contributed by atoms with Crippen LogP contribution >= 0.6 is 0 Å². The summed E-state index contributed by atoms with van der Waals surface area (Å²) in [5, 5.41) is 0. The quantitative estimate of drug-likeness (QED) is 0.508. The van der Waals surface area contributed by atoms with Gasteiger partial charge in [0.05, 0.1) is 12.5 Å². The number of likely N-dealkylation sites (tertiary alicyclic amines) is 1. The number of methoxy groups -OCH3 is 1. The smallest absolute Gasteiger partial charge is 0.310 e. The van der Waals surface area contributed by atoms with Gasteiger partial charge in [-0.2, -0.15) is 0 Å². The number of carbonyl (C=O) groups excluding carboxylic acids is 1. The van der Waals surface area contributed by atoms with Gasteiger partial charge in [-0.05, 0) is 32.7 Å². The van der Waals surface area contributed by atoms with Crippen molar-refractivity contribution in [2.45, 2.75) is 26.2 Å². The number of esters is 1. The molecule has 0 aromatic carbocycles. The first-order valence-electron chi connectivity index (χ1n) is 6.15. The molecule has 0 saturated carbocycles. The highest BCUT2D eigenvalue weighted by molar-refractivity contribution is 5.72. The van der Waals surface area contributed by atoms with E-state index in [1.54, 1.807) is 7.11 Å². The maximum atomic E-state index is 11.6. The number of piperidine rings is 1. The third-order valence-corrected chi connectivity index (χ3v) is 2.95. The summed E-state index contributed by atoms with van der Waals surface area (Å²) in [6.45, 7) is 6.10. The van der Waals surface area contributed by atoms with E-state index < -0.39 is 0 Å². The molecule has 0 radical (unpaired) electrons. The summed E-state index contributed by atoms with van der Waals surface area (Å²) in [4.78, 5) is 13.9. The van der Waals surface area contributed by atoms with E-state index in [1.165, 1.54) is 0 Å². The molecule has 94 valence electrons. The fourth-order valence-electron chi connectivity index (χ4n) is 2.14. The van der Waals surface area contributed by atoms with Crippen molar-refractivity contribution >= 4 is 5.97 Å². The largest absolute Gasteiger partial charge is 0.466 e.